The number of thioether (sulfide) groups is 1. The number of rotatable bonds is 6. The first-order valence-electron chi connectivity index (χ1n) is 12.0. The van der Waals surface area contributed by atoms with E-state index < -0.39 is 0 Å². The number of hydrogen-bond donors (Lipinski definition) is 2. The van der Waals surface area contributed by atoms with Crippen LogP contribution in [0.1, 0.15) is 37.7 Å². The van der Waals surface area contributed by atoms with Crippen molar-refractivity contribution < 1.29 is 4.74 Å². The number of anilines is 1. The molecule has 2 heterocycles. The largest absolute Gasteiger partial charge is 0.379 e. The number of guanidine groups is 1. The average Bonchev–Trinajstić information content (AvgIpc) is 2.86. The highest BCUT2D eigenvalue weighted by molar-refractivity contribution is 7.99. The van der Waals surface area contributed by atoms with E-state index in [1.165, 1.54) is 54.9 Å². The number of ether oxygens (including phenoxy) is 1. The predicted octanol–water partition coefficient (Wildman–Crippen LogP) is 2.94. The summed E-state index contributed by atoms with van der Waals surface area (Å²) in [5.74, 6) is 3.37. The maximum Gasteiger partial charge on any atom is 0.191 e. The molecule has 0 spiro atoms. The lowest BCUT2D eigenvalue weighted by Gasteiger charge is -2.48. The van der Waals surface area contributed by atoms with Gasteiger partial charge in [0.25, 0.3) is 0 Å². The third-order valence-electron chi connectivity index (χ3n) is 7.05. The zero-order valence-electron chi connectivity index (χ0n) is 19.1. The van der Waals surface area contributed by atoms with Crippen LogP contribution in [0.5, 0.6) is 0 Å². The van der Waals surface area contributed by atoms with Crippen molar-refractivity contribution in [1.29, 1.82) is 0 Å². The molecule has 31 heavy (non-hydrogen) atoms. The molecule has 172 valence electrons. The Hall–Kier alpha value is -1.44. The molecule has 2 aliphatic heterocycles. The van der Waals surface area contributed by atoms with Gasteiger partial charge in [0.2, 0.25) is 0 Å². The van der Waals surface area contributed by atoms with Gasteiger partial charge in [0.05, 0.1) is 13.2 Å². The molecule has 6 nitrogen and oxygen atoms in total. The summed E-state index contributed by atoms with van der Waals surface area (Å²) >= 11 is 2.05. The first-order chi connectivity index (χ1) is 15.3. The molecule has 3 aliphatic rings. The Bertz CT molecular complexity index is 692. The minimum Gasteiger partial charge on any atom is -0.379 e. The summed E-state index contributed by atoms with van der Waals surface area (Å²) in [5, 5.41) is 7.18. The van der Waals surface area contributed by atoms with Crippen molar-refractivity contribution in [2.24, 2.45) is 4.99 Å². The van der Waals surface area contributed by atoms with E-state index in [1.807, 2.05) is 7.05 Å². The second-order valence-electron chi connectivity index (χ2n) is 8.93. The van der Waals surface area contributed by atoms with Gasteiger partial charge in [-0.3, -0.25) is 9.89 Å². The lowest BCUT2D eigenvalue weighted by atomic mass is 9.80. The highest BCUT2D eigenvalue weighted by Gasteiger charge is 2.38. The van der Waals surface area contributed by atoms with E-state index in [1.54, 1.807) is 0 Å². The Labute approximate surface area is 192 Å². The van der Waals surface area contributed by atoms with E-state index in [9.17, 15) is 0 Å². The van der Waals surface area contributed by atoms with Crippen molar-refractivity contribution >= 4 is 23.4 Å². The van der Waals surface area contributed by atoms with Gasteiger partial charge in [0, 0.05) is 69.0 Å². The zero-order chi connectivity index (χ0) is 21.4. The van der Waals surface area contributed by atoms with E-state index in [-0.39, 0.29) is 5.54 Å². The molecular weight excluding hydrogens is 406 g/mol. The summed E-state index contributed by atoms with van der Waals surface area (Å²) in [6, 6.07) is 9.01. The molecule has 0 atom stereocenters. The molecule has 1 saturated carbocycles. The Balaban J connectivity index is 1.29. The molecule has 4 rings (SSSR count). The van der Waals surface area contributed by atoms with Gasteiger partial charge >= 0.3 is 0 Å². The molecule has 2 N–H and O–H groups in total. The van der Waals surface area contributed by atoms with E-state index in [2.05, 4.69) is 61.5 Å². The highest BCUT2D eigenvalue weighted by atomic mass is 32.2. The summed E-state index contributed by atoms with van der Waals surface area (Å²) in [6.07, 6.45) is 6.56. The SMILES string of the molecule is CN=C(NCc1ccc(N2CCSCC2)cc1)NCC1(N2CCOCC2)CCCCC1. The number of hydrogen-bond acceptors (Lipinski definition) is 5. The fourth-order valence-electron chi connectivity index (χ4n) is 5.15. The van der Waals surface area contributed by atoms with Crippen LogP contribution >= 0.6 is 11.8 Å². The van der Waals surface area contributed by atoms with Crippen molar-refractivity contribution in [1.82, 2.24) is 15.5 Å². The lowest BCUT2D eigenvalue weighted by Crippen LogP contribution is -2.60. The van der Waals surface area contributed by atoms with Gasteiger partial charge in [-0.05, 0) is 30.5 Å². The van der Waals surface area contributed by atoms with Crippen LogP contribution in [0.2, 0.25) is 0 Å². The molecule has 1 aromatic carbocycles. The molecule has 2 saturated heterocycles. The normalized spacial score (nSPS) is 22.9. The van der Waals surface area contributed by atoms with Gasteiger partial charge in [-0.15, -0.1) is 0 Å². The number of morpholine rings is 1. The predicted molar refractivity (Wildman–Crippen MR) is 132 cm³/mol. The molecule has 1 aliphatic carbocycles. The van der Waals surface area contributed by atoms with Crippen molar-refractivity contribution in [2.45, 2.75) is 44.2 Å². The summed E-state index contributed by atoms with van der Waals surface area (Å²) < 4.78 is 5.61. The monoisotopic (exact) mass is 445 g/mol. The van der Waals surface area contributed by atoms with Gasteiger partial charge in [0.15, 0.2) is 5.96 Å². The van der Waals surface area contributed by atoms with Crippen LogP contribution in [0.25, 0.3) is 0 Å². The second-order valence-corrected chi connectivity index (χ2v) is 10.2. The van der Waals surface area contributed by atoms with Crippen LogP contribution in [0.4, 0.5) is 5.69 Å². The average molecular weight is 446 g/mol. The molecular formula is C24H39N5OS. The number of nitrogens with zero attached hydrogens (tertiary/aromatic N) is 3. The second kappa shape index (κ2) is 11.4. The van der Waals surface area contributed by atoms with Crippen LogP contribution < -0.4 is 15.5 Å². The van der Waals surface area contributed by atoms with Crippen molar-refractivity contribution in [3.05, 3.63) is 29.8 Å². The summed E-state index contributed by atoms with van der Waals surface area (Å²) in [7, 11) is 1.87. The maximum absolute atomic E-state index is 5.61. The highest BCUT2D eigenvalue weighted by Crippen LogP contribution is 2.33. The first-order valence-corrected chi connectivity index (χ1v) is 13.1. The fourth-order valence-corrected chi connectivity index (χ4v) is 6.06. The van der Waals surface area contributed by atoms with E-state index in [0.29, 0.717) is 0 Å². The van der Waals surface area contributed by atoms with E-state index in [0.717, 1.165) is 58.4 Å². The third kappa shape index (κ3) is 6.08. The molecule has 3 fully saturated rings. The molecule has 0 aromatic heterocycles. The molecule has 7 heteroatoms. The Morgan fingerprint density at radius 3 is 2.39 bits per heavy atom. The van der Waals surface area contributed by atoms with Gasteiger partial charge in [-0.2, -0.15) is 11.8 Å². The summed E-state index contributed by atoms with van der Waals surface area (Å²) in [6.45, 7) is 7.89. The number of aliphatic imine (C=N–C) groups is 1. The van der Waals surface area contributed by atoms with Crippen LogP contribution in [0.3, 0.4) is 0 Å². The van der Waals surface area contributed by atoms with Gasteiger partial charge < -0.3 is 20.3 Å². The topological polar surface area (TPSA) is 52.1 Å². The van der Waals surface area contributed by atoms with E-state index in [4.69, 9.17) is 4.74 Å². The minimum absolute atomic E-state index is 0.244. The van der Waals surface area contributed by atoms with Crippen LogP contribution in [-0.4, -0.2) is 80.9 Å². The maximum atomic E-state index is 5.61. The lowest BCUT2D eigenvalue weighted by molar-refractivity contribution is -0.0352. The van der Waals surface area contributed by atoms with Crippen molar-refractivity contribution in [3.8, 4) is 0 Å². The molecule has 0 radical (unpaired) electrons. The van der Waals surface area contributed by atoms with Gasteiger partial charge in [0.1, 0.15) is 0 Å². The van der Waals surface area contributed by atoms with Crippen LogP contribution in [0, 0.1) is 0 Å². The quantitative estimate of drug-likeness (QED) is 0.519. The molecule has 0 amide bonds. The van der Waals surface area contributed by atoms with Crippen LogP contribution in [-0.2, 0) is 11.3 Å². The summed E-state index contributed by atoms with van der Waals surface area (Å²) in [4.78, 5) is 9.66. The number of benzene rings is 1. The Morgan fingerprint density at radius 2 is 1.71 bits per heavy atom. The molecule has 1 aromatic rings. The zero-order valence-corrected chi connectivity index (χ0v) is 19.9. The van der Waals surface area contributed by atoms with Gasteiger partial charge in [-0.1, -0.05) is 31.4 Å². The Kier molecular flexibility index (Phi) is 8.39. The summed E-state index contributed by atoms with van der Waals surface area (Å²) in [5.41, 5.74) is 2.88. The third-order valence-corrected chi connectivity index (χ3v) is 7.99. The Morgan fingerprint density at radius 1 is 1.00 bits per heavy atom. The minimum atomic E-state index is 0.244. The standard InChI is InChI=1S/C24H39N5OS/c1-25-23(26-19-21-5-7-22(8-6-21)28-13-17-31-18-14-28)27-20-24(9-3-2-4-10-24)29-11-15-30-16-12-29/h5-8H,2-4,9-20H2,1H3,(H2,25,26,27). The van der Waals surface area contributed by atoms with Crippen LogP contribution in [0.15, 0.2) is 29.3 Å². The first kappa shape index (κ1) is 22.7. The number of nitrogens with one attached hydrogen (secondary N) is 2. The molecule has 0 unspecified atom stereocenters. The fraction of sp³-hybridized carbons (Fsp3) is 0.708. The van der Waals surface area contributed by atoms with Crippen molar-refractivity contribution in [3.63, 3.8) is 0 Å². The van der Waals surface area contributed by atoms with Crippen molar-refractivity contribution in [2.75, 3.05) is 69.4 Å². The van der Waals surface area contributed by atoms with Gasteiger partial charge in [-0.25, -0.2) is 0 Å². The molecule has 0 bridgehead atoms. The smallest absolute Gasteiger partial charge is 0.191 e. The van der Waals surface area contributed by atoms with E-state index >= 15 is 0 Å².